The zero-order valence-corrected chi connectivity index (χ0v) is 23.4. The van der Waals surface area contributed by atoms with E-state index in [0.717, 1.165) is 10.4 Å². The maximum absolute atomic E-state index is 14.2. The molecule has 1 atom stereocenters. The lowest BCUT2D eigenvalue weighted by Crippen LogP contribution is -2.48. The van der Waals surface area contributed by atoms with E-state index >= 15 is 0 Å². The van der Waals surface area contributed by atoms with Crippen LogP contribution < -0.4 is 9.47 Å². The molecular formula is C28H33FN2O5S2. The fourth-order valence-electron chi connectivity index (χ4n) is 4.43. The van der Waals surface area contributed by atoms with Gasteiger partial charge < -0.3 is 14.4 Å². The van der Waals surface area contributed by atoms with Crippen LogP contribution in [0.15, 0.2) is 64.9 Å². The number of ether oxygens (including phenoxy) is 2. The van der Waals surface area contributed by atoms with Gasteiger partial charge in [-0.3, -0.25) is 4.79 Å². The minimum Gasteiger partial charge on any atom is -0.497 e. The van der Waals surface area contributed by atoms with Crippen LogP contribution in [-0.4, -0.2) is 56.9 Å². The Labute approximate surface area is 227 Å². The highest BCUT2D eigenvalue weighted by atomic mass is 32.2. The SMILES string of the molecule is COc1ccc(S(=O)(=O)N(CCC(C)C)CC(=O)N2CCc3sccc3C2COc2ccccc2F)cc1. The zero-order chi connectivity index (χ0) is 27.3. The van der Waals surface area contributed by atoms with E-state index in [2.05, 4.69) is 0 Å². The molecular weight excluding hydrogens is 527 g/mol. The van der Waals surface area contributed by atoms with Gasteiger partial charge in [0.2, 0.25) is 15.9 Å². The van der Waals surface area contributed by atoms with E-state index < -0.39 is 21.9 Å². The second-order valence-corrected chi connectivity index (χ2v) is 12.5. The maximum atomic E-state index is 14.2. The van der Waals surface area contributed by atoms with Crippen molar-refractivity contribution in [3.8, 4) is 11.5 Å². The summed E-state index contributed by atoms with van der Waals surface area (Å²) in [6, 6.07) is 13.8. The second-order valence-electron chi connectivity index (χ2n) is 9.59. The molecule has 4 rings (SSSR count). The number of amides is 1. The lowest BCUT2D eigenvalue weighted by Gasteiger charge is -2.37. The van der Waals surface area contributed by atoms with Crippen molar-refractivity contribution < 1.29 is 27.1 Å². The average Bonchev–Trinajstić information content (AvgIpc) is 3.39. The number of methoxy groups -OCH3 is 1. The molecule has 0 saturated carbocycles. The number of sulfonamides is 1. The number of thiophene rings is 1. The van der Waals surface area contributed by atoms with Gasteiger partial charge in [0, 0.05) is 18.0 Å². The van der Waals surface area contributed by atoms with Crippen LogP contribution >= 0.6 is 11.3 Å². The number of benzene rings is 2. The lowest BCUT2D eigenvalue weighted by atomic mass is 10.0. The Morgan fingerprint density at radius 1 is 1.16 bits per heavy atom. The summed E-state index contributed by atoms with van der Waals surface area (Å²) in [5, 5.41) is 1.97. The third kappa shape index (κ3) is 6.36. The highest BCUT2D eigenvalue weighted by Crippen LogP contribution is 2.34. The van der Waals surface area contributed by atoms with Gasteiger partial charge in [-0.25, -0.2) is 12.8 Å². The summed E-state index contributed by atoms with van der Waals surface area (Å²) in [7, 11) is -2.42. The quantitative estimate of drug-likeness (QED) is 0.325. The number of hydrogen-bond donors (Lipinski definition) is 0. The van der Waals surface area contributed by atoms with Gasteiger partial charge in [-0.2, -0.15) is 4.31 Å². The van der Waals surface area contributed by atoms with E-state index in [-0.39, 0.29) is 42.2 Å². The zero-order valence-electron chi connectivity index (χ0n) is 21.8. The van der Waals surface area contributed by atoms with Gasteiger partial charge in [-0.15, -0.1) is 11.3 Å². The van der Waals surface area contributed by atoms with Crippen LogP contribution in [-0.2, 0) is 21.2 Å². The number of carbonyl (C=O) groups excluding carboxylic acids is 1. The van der Waals surface area contributed by atoms with Gasteiger partial charge in [-0.05, 0) is 72.2 Å². The Morgan fingerprint density at radius 2 is 1.89 bits per heavy atom. The van der Waals surface area contributed by atoms with Gasteiger partial charge in [-0.1, -0.05) is 26.0 Å². The number of halogens is 1. The molecule has 3 aromatic rings. The van der Waals surface area contributed by atoms with Crippen molar-refractivity contribution in [2.75, 3.05) is 33.4 Å². The summed E-state index contributed by atoms with van der Waals surface area (Å²) >= 11 is 1.61. The minimum atomic E-state index is -3.93. The Bertz CT molecular complexity index is 1340. The first kappa shape index (κ1) is 28.1. The van der Waals surface area contributed by atoms with Gasteiger partial charge >= 0.3 is 0 Å². The molecule has 1 aromatic heterocycles. The summed E-state index contributed by atoms with van der Waals surface area (Å²) in [4.78, 5) is 16.7. The number of rotatable bonds is 11. The molecule has 1 aliphatic heterocycles. The van der Waals surface area contributed by atoms with E-state index in [1.165, 1.54) is 29.6 Å². The van der Waals surface area contributed by atoms with Gasteiger partial charge in [0.05, 0.1) is 24.6 Å². The fraction of sp³-hybridized carbons (Fsp3) is 0.393. The van der Waals surface area contributed by atoms with Crippen molar-refractivity contribution in [1.29, 1.82) is 0 Å². The summed E-state index contributed by atoms with van der Waals surface area (Å²) in [6.07, 6.45) is 1.28. The van der Waals surface area contributed by atoms with E-state index in [1.54, 1.807) is 46.6 Å². The Hall–Kier alpha value is -2.95. The summed E-state index contributed by atoms with van der Waals surface area (Å²) in [5.74, 6) is 0.125. The molecule has 2 heterocycles. The van der Waals surface area contributed by atoms with Crippen molar-refractivity contribution in [3.05, 3.63) is 76.2 Å². The molecule has 7 nitrogen and oxygen atoms in total. The van der Waals surface area contributed by atoms with E-state index in [0.29, 0.717) is 25.1 Å². The maximum Gasteiger partial charge on any atom is 0.243 e. The van der Waals surface area contributed by atoms with Crippen molar-refractivity contribution in [2.45, 2.75) is 37.6 Å². The van der Waals surface area contributed by atoms with Crippen molar-refractivity contribution >= 4 is 27.3 Å². The molecule has 38 heavy (non-hydrogen) atoms. The topological polar surface area (TPSA) is 76.2 Å². The highest BCUT2D eigenvalue weighted by Gasteiger charge is 2.35. The standard InChI is InChI=1S/C28H33FN2O5S2/c1-20(2)12-15-30(38(33,34)22-10-8-21(35-3)9-11-22)18-28(32)31-16-13-27-23(14-17-37-27)25(31)19-36-26-7-5-4-6-24(26)29/h4-11,14,17,20,25H,12-13,15-16,18-19H2,1-3H3. The third-order valence-electron chi connectivity index (χ3n) is 6.61. The first-order valence-electron chi connectivity index (χ1n) is 12.6. The van der Waals surface area contributed by atoms with Crippen molar-refractivity contribution in [3.63, 3.8) is 0 Å². The fourth-order valence-corrected chi connectivity index (χ4v) is 6.76. The van der Waals surface area contributed by atoms with Gasteiger partial charge in [0.25, 0.3) is 0 Å². The molecule has 1 amide bonds. The lowest BCUT2D eigenvalue weighted by molar-refractivity contribution is -0.135. The molecule has 0 fully saturated rings. The number of hydrogen-bond acceptors (Lipinski definition) is 6. The van der Waals surface area contributed by atoms with Crippen LogP contribution in [0.1, 0.15) is 36.8 Å². The van der Waals surface area contributed by atoms with Gasteiger partial charge in [0.15, 0.2) is 11.6 Å². The first-order chi connectivity index (χ1) is 18.2. The Kier molecular flexibility index (Phi) is 9.07. The molecule has 0 N–H and O–H groups in total. The highest BCUT2D eigenvalue weighted by molar-refractivity contribution is 7.89. The Balaban J connectivity index is 1.58. The predicted octanol–water partition coefficient (Wildman–Crippen LogP) is 5.14. The first-order valence-corrected chi connectivity index (χ1v) is 14.9. The molecule has 0 aliphatic carbocycles. The number of para-hydroxylation sites is 1. The van der Waals surface area contributed by atoms with Crippen LogP contribution in [0.3, 0.4) is 0 Å². The molecule has 10 heteroatoms. The Morgan fingerprint density at radius 3 is 2.58 bits per heavy atom. The van der Waals surface area contributed by atoms with Gasteiger partial charge in [0.1, 0.15) is 12.4 Å². The molecule has 0 bridgehead atoms. The van der Waals surface area contributed by atoms with E-state index in [9.17, 15) is 17.6 Å². The number of fused-ring (bicyclic) bond motifs is 1. The largest absolute Gasteiger partial charge is 0.497 e. The second kappa shape index (κ2) is 12.3. The van der Waals surface area contributed by atoms with Crippen LogP contribution in [0.25, 0.3) is 0 Å². The monoisotopic (exact) mass is 560 g/mol. The van der Waals surface area contributed by atoms with E-state index in [1.807, 2.05) is 25.3 Å². The number of carbonyl (C=O) groups is 1. The van der Waals surface area contributed by atoms with Crippen molar-refractivity contribution in [1.82, 2.24) is 9.21 Å². The summed E-state index contributed by atoms with van der Waals surface area (Å²) < 4.78 is 53.6. The predicted molar refractivity (Wildman–Crippen MR) is 146 cm³/mol. The number of nitrogens with zero attached hydrogens (tertiary/aromatic N) is 2. The summed E-state index contributed by atoms with van der Waals surface area (Å²) in [6.45, 7) is 4.44. The third-order valence-corrected chi connectivity index (χ3v) is 9.47. The van der Waals surface area contributed by atoms with Crippen LogP contribution in [0.5, 0.6) is 11.5 Å². The minimum absolute atomic E-state index is 0.0631. The van der Waals surface area contributed by atoms with Crippen LogP contribution in [0.2, 0.25) is 0 Å². The smallest absolute Gasteiger partial charge is 0.243 e. The molecule has 0 spiro atoms. The summed E-state index contributed by atoms with van der Waals surface area (Å²) in [5.41, 5.74) is 0.956. The van der Waals surface area contributed by atoms with E-state index in [4.69, 9.17) is 9.47 Å². The normalized spacial score (nSPS) is 15.5. The van der Waals surface area contributed by atoms with Crippen LogP contribution in [0, 0.1) is 11.7 Å². The molecule has 2 aromatic carbocycles. The molecule has 204 valence electrons. The molecule has 0 radical (unpaired) electrons. The molecule has 1 aliphatic rings. The molecule has 0 saturated heterocycles. The molecule has 1 unspecified atom stereocenters. The van der Waals surface area contributed by atoms with Crippen molar-refractivity contribution in [2.24, 2.45) is 5.92 Å². The average molecular weight is 561 g/mol. The van der Waals surface area contributed by atoms with Crippen LogP contribution in [0.4, 0.5) is 4.39 Å².